The molecule has 1 aromatic carbocycles. The number of aromatic hydroxyl groups is 1. The lowest BCUT2D eigenvalue weighted by Gasteiger charge is -2.06. The van der Waals surface area contributed by atoms with Crippen LogP contribution in [0.15, 0.2) is 12.1 Å². The lowest BCUT2D eigenvalue weighted by Crippen LogP contribution is -2.10. The fourth-order valence-corrected chi connectivity index (χ4v) is 1.24. The van der Waals surface area contributed by atoms with Crippen molar-refractivity contribution in [2.75, 3.05) is 6.61 Å². The summed E-state index contributed by atoms with van der Waals surface area (Å²) in [6.45, 7) is 1.81. The normalized spacial score (nSPS) is 9.56. The van der Waals surface area contributed by atoms with Crippen molar-refractivity contribution in [3.63, 3.8) is 0 Å². The maximum Gasteiger partial charge on any atom is 0.310 e. The number of halogens is 1. The quantitative estimate of drug-likeness (QED) is 0.788. The van der Waals surface area contributed by atoms with E-state index < -0.39 is 17.5 Å². The van der Waals surface area contributed by atoms with Gasteiger partial charge in [-0.3, -0.25) is 4.79 Å². The number of nitrogens with zero attached hydrogens (tertiary/aromatic N) is 1. The first kappa shape index (κ1) is 12.0. The van der Waals surface area contributed by atoms with Crippen LogP contribution in [0.5, 0.6) is 5.75 Å². The first-order valence-electron chi connectivity index (χ1n) is 4.66. The van der Waals surface area contributed by atoms with Gasteiger partial charge in [-0.1, -0.05) is 0 Å². The van der Waals surface area contributed by atoms with Crippen LogP contribution in [-0.2, 0) is 16.0 Å². The number of nitriles is 1. The number of rotatable bonds is 3. The predicted octanol–water partition coefficient (Wildman–Crippen LogP) is 1.51. The monoisotopic (exact) mass is 223 g/mol. The molecule has 0 spiro atoms. The molecule has 0 unspecified atom stereocenters. The van der Waals surface area contributed by atoms with Crippen molar-refractivity contribution in [1.82, 2.24) is 0 Å². The maximum absolute atomic E-state index is 13.4. The van der Waals surface area contributed by atoms with Gasteiger partial charge in [-0.2, -0.15) is 5.26 Å². The second kappa shape index (κ2) is 5.12. The van der Waals surface area contributed by atoms with Gasteiger partial charge in [-0.25, -0.2) is 4.39 Å². The molecule has 4 nitrogen and oxygen atoms in total. The van der Waals surface area contributed by atoms with Crippen LogP contribution < -0.4 is 0 Å². The van der Waals surface area contributed by atoms with Crippen molar-refractivity contribution >= 4 is 5.97 Å². The Bertz CT molecular complexity index is 451. The Balaban J connectivity index is 3.07. The largest absolute Gasteiger partial charge is 0.505 e. The number of carbonyl (C=O) groups excluding carboxylic acids is 1. The number of hydrogen-bond acceptors (Lipinski definition) is 4. The molecule has 0 aliphatic heterocycles. The van der Waals surface area contributed by atoms with Gasteiger partial charge in [-0.05, 0) is 19.1 Å². The summed E-state index contributed by atoms with van der Waals surface area (Å²) in [5.41, 5.74) is -0.121. The summed E-state index contributed by atoms with van der Waals surface area (Å²) in [6, 6.07) is 4.08. The number of ether oxygens (including phenoxy) is 1. The van der Waals surface area contributed by atoms with Gasteiger partial charge in [0.15, 0.2) is 11.6 Å². The zero-order valence-electron chi connectivity index (χ0n) is 8.66. The minimum Gasteiger partial charge on any atom is -0.505 e. The van der Waals surface area contributed by atoms with E-state index in [-0.39, 0.29) is 24.2 Å². The topological polar surface area (TPSA) is 70.3 Å². The molecule has 0 radical (unpaired) electrons. The molecular weight excluding hydrogens is 213 g/mol. The zero-order chi connectivity index (χ0) is 12.1. The van der Waals surface area contributed by atoms with Gasteiger partial charge in [0.25, 0.3) is 0 Å². The molecule has 5 heteroatoms. The summed E-state index contributed by atoms with van der Waals surface area (Å²) < 4.78 is 18.1. The standard InChI is InChI=1S/C11H10FNO3/c1-2-16-10(15)5-8-7(6-13)3-4-9(14)11(8)12/h3-4,14H,2,5H2,1H3. The molecule has 0 aromatic heterocycles. The molecule has 84 valence electrons. The first-order chi connectivity index (χ1) is 7.60. The molecule has 0 aliphatic rings. The average Bonchev–Trinajstić information content (AvgIpc) is 2.25. The fraction of sp³-hybridized carbons (Fsp3) is 0.273. The fourth-order valence-electron chi connectivity index (χ4n) is 1.24. The third-order valence-electron chi connectivity index (χ3n) is 1.97. The molecule has 0 bridgehead atoms. The predicted molar refractivity (Wildman–Crippen MR) is 53.1 cm³/mol. The Hall–Kier alpha value is -2.09. The smallest absolute Gasteiger partial charge is 0.310 e. The summed E-state index contributed by atoms with van der Waals surface area (Å²) in [7, 11) is 0. The molecule has 1 rings (SSSR count). The molecule has 0 saturated heterocycles. The molecule has 0 aliphatic carbocycles. The van der Waals surface area contributed by atoms with Gasteiger partial charge in [0.2, 0.25) is 0 Å². The highest BCUT2D eigenvalue weighted by molar-refractivity contribution is 5.74. The number of esters is 1. The van der Waals surface area contributed by atoms with Gasteiger partial charge in [0, 0.05) is 5.56 Å². The minimum absolute atomic E-state index is 0.0170. The van der Waals surface area contributed by atoms with E-state index in [1.165, 1.54) is 6.07 Å². The zero-order valence-corrected chi connectivity index (χ0v) is 8.66. The second-order valence-electron chi connectivity index (χ2n) is 3.02. The van der Waals surface area contributed by atoms with Gasteiger partial charge >= 0.3 is 5.97 Å². The molecule has 16 heavy (non-hydrogen) atoms. The number of phenolic OH excluding ortho intramolecular Hbond substituents is 1. The summed E-state index contributed by atoms with van der Waals surface area (Å²) in [4.78, 5) is 11.2. The van der Waals surface area contributed by atoms with E-state index in [0.717, 1.165) is 6.07 Å². The summed E-state index contributed by atoms with van der Waals surface area (Å²) in [5, 5.41) is 17.9. The highest BCUT2D eigenvalue weighted by Gasteiger charge is 2.16. The van der Waals surface area contributed by atoms with E-state index in [9.17, 15) is 9.18 Å². The minimum atomic E-state index is -0.952. The Kier molecular flexibility index (Phi) is 3.84. The number of phenols is 1. The lowest BCUT2D eigenvalue weighted by molar-refractivity contribution is -0.142. The third kappa shape index (κ3) is 2.48. The van der Waals surface area contributed by atoms with Crippen LogP contribution in [0, 0.1) is 17.1 Å². The van der Waals surface area contributed by atoms with Crippen molar-refractivity contribution in [2.24, 2.45) is 0 Å². The van der Waals surface area contributed by atoms with Crippen molar-refractivity contribution < 1.29 is 19.0 Å². The van der Waals surface area contributed by atoms with E-state index in [0.29, 0.717) is 0 Å². The van der Waals surface area contributed by atoms with Crippen molar-refractivity contribution in [3.05, 3.63) is 29.1 Å². The third-order valence-corrected chi connectivity index (χ3v) is 1.97. The van der Waals surface area contributed by atoms with E-state index in [1.54, 1.807) is 13.0 Å². The summed E-state index contributed by atoms with van der Waals surface area (Å²) >= 11 is 0. The lowest BCUT2D eigenvalue weighted by atomic mass is 10.0. The van der Waals surface area contributed by atoms with E-state index in [2.05, 4.69) is 4.74 Å². The van der Waals surface area contributed by atoms with E-state index >= 15 is 0 Å². The molecule has 0 atom stereocenters. The van der Waals surface area contributed by atoms with Gasteiger partial charge in [-0.15, -0.1) is 0 Å². The summed E-state index contributed by atoms with van der Waals surface area (Å²) in [6.07, 6.45) is -0.364. The molecule has 0 fully saturated rings. The van der Waals surface area contributed by atoms with Crippen molar-refractivity contribution in [2.45, 2.75) is 13.3 Å². The Morgan fingerprint density at radius 2 is 2.31 bits per heavy atom. The van der Waals surface area contributed by atoms with Gasteiger partial charge in [0.05, 0.1) is 24.7 Å². The molecule has 0 heterocycles. The number of hydrogen-bond donors (Lipinski definition) is 1. The molecule has 1 aromatic rings. The highest BCUT2D eigenvalue weighted by Crippen LogP contribution is 2.23. The Morgan fingerprint density at radius 3 is 2.88 bits per heavy atom. The van der Waals surface area contributed by atoms with Crippen LogP contribution in [0.25, 0.3) is 0 Å². The summed E-state index contributed by atoms with van der Waals surface area (Å²) in [5.74, 6) is -2.17. The molecule has 0 saturated carbocycles. The number of carbonyl (C=O) groups is 1. The van der Waals surface area contributed by atoms with E-state index in [4.69, 9.17) is 10.4 Å². The second-order valence-corrected chi connectivity index (χ2v) is 3.02. The van der Waals surface area contributed by atoms with Crippen LogP contribution in [0.3, 0.4) is 0 Å². The van der Waals surface area contributed by atoms with Gasteiger partial charge < -0.3 is 9.84 Å². The van der Waals surface area contributed by atoms with Gasteiger partial charge in [0.1, 0.15) is 0 Å². The van der Waals surface area contributed by atoms with E-state index in [1.807, 2.05) is 0 Å². The molecule has 1 N–H and O–H groups in total. The number of benzene rings is 1. The molecule has 0 amide bonds. The Morgan fingerprint density at radius 1 is 1.62 bits per heavy atom. The van der Waals surface area contributed by atoms with Crippen LogP contribution in [-0.4, -0.2) is 17.7 Å². The van der Waals surface area contributed by atoms with Crippen LogP contribution in [0.1, 0.15) is 18.1 Å². The van der Waals surface area contributed by atoms with Crippen molar-refractivity contribution in [3.8, 4) is 11.8 Å². The SMILES string of the molecule is CCOC(=O)Cc1c(C#N)ccc(O)c1F. The Labute approximate surface area is 91.9 Å². The van der Waals surface area contributed by atoms with Crippen LogP contribution in [0.2, 0.25) is 0 Å². The van der Waals surface area contributed by atoms with Crippen LogP contribution in [0.4, 0.5) is 4.39 Å². The van der Waals surface area contributed by atoms with Crippen molar-refractivity contribution in [1.29, 1.82) is 5.26 Å². The maximum atomic E-state index is 13.4. The molecular formula is C11H10FNO3. The average molecular weight is 223 g/mol. The highest BCUT2D eigenvalue weighted by atomic mass is 19.1. The first-order valence-corrected chi connectivity index (χ1v) is 4.66. The van der Waals surface area contributed by atoms with Crippen LogP contribution >= 0.6 is 0 Å².